The van der Waals surface area contributed by atoms with E-state index in [1.807, 2.05) is 0 Å². The summed E-state index contributed by atoms with van der Waals surface area (Å²) in [5.74, 6) is -0.0864. The van der Waals surface area contributed by atoms with Crippen LogP contribution in [-0.4, -0.2) is 18.9 Å². The van der Waals surface area contributed by atoms with E-state index in [9.17, 15) is 9.59 Å². The van der Waals surface area contributed by atoms with Gasteiger partial charge in [-0.3, -0.25) is 9.59 Å². The first kappa shape index (κ1) is 19.0. The Hall–Kier alpha value is -1.76. The number of fused-ring (bicyclic) bond motifs is 1. The number of carbonyl (C=O) groups excluding carboxylic acids is 2. The summed E-state index contributed by atoms with van der Waals surface area (Å²) in [6, 6.07) is 2.95. The lowest BCUT2D eigenvalue weighted by Gasteiger charge is -2.18. The summed E-state index contributed by atoms with van der Waals surface area (Å²) in [5, 5.41) is 3.74. The lowest BCUT2D eigenvalue weighted by Crippen LogP contribution is -2.19. The summed E-state index contributed by atoms with van der Waals surface area (Å²) in [6.45, 7) is 2.17. The third-order valence-electron chi connectivity index (χ3n) is 4.45. The van der Waals surface area contributed by atoms with Crippen LogP contribution in [0.4, 0.5) is 5.00 Å². The van der Waals surface area contributed by atoms with Crippen molar-refractivity contribution in [3.8, 4) is 5.75 Å². The van der Waals surface area contributed by atoms with Crippen molar-refractivity contribution in [2.75, 3.05) is 12.4 Å². The van der Waals surface area contributed by atoms with Crippen molar-refractivity contribution in [1.82, 2.24) is 0 Å². The predicted octanol–water partition coefficient (Wildman–Crippen LogP) is 4.54. The molecule has 8 heteroatoms. The van der Waals surface area contributed by atoms with Crippen LogP contribution in [0.5, 0.6) is 5.75 Å². The van der Waals surface area contributed by atoms with Gasteiger partial charge in [-0.1, -0.05) is 30.1 Å². The van der Waals surface area contributed by atoms with E-state index in [2.05, 4.69) is 12.2 Å². The number of hydrogen-bond acceptors (Lipinski definition) is 4. The average molecular weight is 413 g/mol. The zero-order valence-corrected chi connectivity index (χ0v) is 16.6. The van der Waals surface area contributed by atoms with Crippen LogP contribution in [0, 0.1) is 5.92 Å². The topological polar surface area (TPSA) is 81.4 Å². The number of primary amides is 1. The van der Waals surface area contributed by atoms with Gasteiger partial charge in [0.1, 0.15) is 5.00 Å². The fourth-order valence-corrected chi connectivity index (χ4v) is 5.21. The molecule has 0 unspecified atom stereocenters. The molecule has 0 fully saturated rings. The summed E-state index contributed by atoms with van der Waals surface area (Å²) in [4.78, 5) is 25.7. The first-order valence-electron chi connectivity index (χ1n) is 8.10. The molecule has 138 valence electrons. The van der Waals surface area contributed by atoms with Gasteiger partial charge in [-0.05, 0) is 42.9 Å². The number of amides is 2. The Bertz CT molecular complexity index is 872. The maximum Gasteiger partial charge on any atom is 0.256 e. The number of halogens is 2. The second-order valence-electron chi connectivity index (χ2n) is 6.35. The molecule has 3 rings (SSSR count). The van der Waals surface area contributed by atoms with Crippen molar-refractivity contribution < 1.29 is 14.3 Å². The first-order chi connectivity index (χ1) is 12.3. The third kappa shape index (κ3) is 3.54. The maximum atomic E-state index is 12.7. The van der Waals surface area contributed by atoms with E-state index in [-0.39, 0.29) is 15.6 Å². The van der Waals surface area contributed by atoms with Crippen LogP contribution in [0.25, 0.3) is 0 Å². The molecule has 1 aliphatic rings. The van der Waals surface area contributed by atoms with Crippen LogP contribution in [0.1, 0.15) is 44.5 Å². The molecule has 1 heterocycles. The number of carbonyl (C=O) groups is 2. The minimum atomic E-state index is -0.529. The first-order valence-corrected chi connectivity index (χ1v) is 9.67. The molecule has 0 spiro atoms. The Morgan fingerprint density at radius 1 is 1.31 bits per heavy atom. The molecule has 0 bridgehead atoms. The average Bonchev–Trinajstić information content (AvgIpc) is 2.91. The number of hydrogen-bond donors (Lipinski definition) is 2. The highest BCUT2D eigenvalue weighted by molar-refractivity contribution is 7.17. The van der Waals surface area contributed by atoms with Gasteiger partial charge in [0.25, 0.3) is 11.8 Å². The van der Waals surface area contributed by atoms with Gasteiger partial charge in [-0.2, -0.15) is 0 Å². The minimum Gasteiger partial charge on any atom is -0.494 e. The number of rotatable bonds is 4. The molecule has 0 saturated heterocycles. The lowest BCUT2D eigenvalue weighted by atomic mass is 9.88. The van der Waals surface area contributed by atoms with Crippen LogP contribution in [0.15, 0.2) is 12.1 Å². The molecule has 1 aliphatic carbocycles. The minimum absolute atomic E-state index is 0.236. The van der Waals surface area contributed by atoms with E-state index < -0.39 is 11.8 Å². The van der Waals surface area contributed by atoms with Gasteiger partial charge in [0.15, 0.2) is 5.75 Å². The van der Waals surface area contributed by atoms with Gasteiger partial charge in [0.2, 0.25) is 0 Å². The van der Waals surface area contributed by atoms with Crippen molar-refractivity contribution in [2.24, 2.45) is 11.7 Å². The summed E-state index contributed by atoms with van der Waals surface area (Å²) in [6.07, 6.45) is 2.68. The van der Waals surface area contributed by atoms with Gasteiger partial charge < -0.3 is 15.8 Å². The quantitative estimate of drug-likeness (QED) is 0.772. The van der Waals surface area contributed by atoms with Crippen molar-refractivity contribution in [2.45, 2.75) is 26.2 Å². The molecule has 1 aromatic heterocycles. The molecule has 2 aromatic rings. The predicted molar refractivity (Wildman–Crippen MR) is 105 cm³/mol. The molecule has 5 nitrogen and oxygen atoms in total. The normalized spacial score (nSPS) is 16.1. The van der Waals surface area contributed by atoms with Gasteiger partial charge in [-0.25, -0.2) is 0 Å². The Kier molecular flexibility index (Phi) is 5.46. The molecule has 0 saturated carbocycles. The molecule has 3 N–H and O–H groups in total. The van der Waals surface area contributed by atoms with Crippen LogP contribution in [0.2, 0.25) is 10.0 Å². The summed E-state index contributed by atoms with van der Waals surface area (Å²) >= 11 is 13.6. The van der Waals surface area contributed by atoms with Gasteiger partial charge >= 0.3 is 0 Å². The van der Waals surface area contributed by atoms with E-state index in [4.69, 9.17) is 33.7 Å². The molecule has 0 aliphatic heterocycles. The molecule has 1 atom stereocenters. The van der Waals surface area contributed by atoms with Gasteiger partial charge in [-0.15, -0.1) is 11.3 Å². The number of anilines is 1. The Morgan fingerprint density at radius 3 is 2.54 bits per heavy atom. The zero-order valence-electron chi connectivity index (χ0n) is 14.3. The van der Waals surface area contributed by atoms with Crippen LogP contribution < -0.4 is 15.8 Å². The number of benzene rings is 1. The van der Waals surface area contributed by atoms with Gasteiger partial charge in [0, 0.05) is 10.4 Å². The number of nitrogens with two attached hydrogens (primary N) is 1. The summed E-state index contributed by atoms with van der Waals surface area (Å²) in [7, 11) is 1.45. The molecule has 0 radical (unpaired) electrons. The lowest BCUT2D eigenvalue weighted by molar-refractivity contribution is 0.1000. The monoisotopic (exact) mass is 412 g/mol. The van der Waals surface area contributed by atoms with E-state index in [0.717, 1.165) is 29.7 Å². The van der Waals surface area contributed by atoms with Crippen LogP contribution >= 0.6 is 34.5 Å². The Morgan fingerprint density at radius 2 is 1.96 bits per heavy atom. The third-order valence-corrected chi connectivity index (χ3v) is 6.18. The highest BCUT2D eigenvalue weighted by Gasteiger charge is 2.27. The maximum absolute atomic E-state index is 12.7. The van der Waals surface area contributed by atoms with Crippen LogP contribution in [0.3, 0.4) is 0 Å². The fourth-order valence-electron chi connectivity index (χ4n) is 3.16. The van der Waals surface area contributed by atoms with Crippen molar-refractivity contribution in [3.05, 3.63) is 43.7 Å². The fraction of sp³-hybridized carbons (Fsp3) is 0.333. The highest BCUT2D eigenvalue weighted by Crippen LogP contribution is 2.40. The smallest absolute Gasteiger partial charge is 0.256 e. The molecule has 1 aromatic carbocycles. The van der Waals surface area contributed by atoms with Crippen molar-refractivity contribution >= 4 is 51.4 Å². The van der Waals surface area contributed by atoms with E-state index >= 15 is 0 Å². The van der Waals surface area contributed by atoms with Gasteiger partial charge in [0.05, 0.1) is 22.7 Å². The molecular weight excluding hydrogens is 395 g/mol. The standard InChI is InChI=1S/C18H18Cl2N2O3S/c1-8-3-4-10-13(5-8)26-18(14(10)16(21)23)22-17(24)9-6-11(19)15(25-2)12(20)7-9/h6-8H,3-5H2,1-2H3,(H2,21,23)(H,22,24)/t8-/m0/s1. The number of nitrogens with one attached hydrogen (secondary N) is 1. The van der Waals surface area contributed by atoms with Crippen molar-refractivity contribution in [1.29, 1.82) is 0 Å². The Labute approximate surface area is 165 Å². The Balaban J connectivity index is 1.94. The second kappa shape index (κ2) is 7.47. The van der Waals surface area contributed by atoms with E-state index in [1.54, 1.807) is 0 Å². The second-order valence-corrected chi connectivity index (χ2v) is 8.27. The van der Waals surface area contributed by atoms with Crippen molar-refractivity contribution in [3.63, 3.8) is 0 Å². The largest absolute Gasteiger partial charge is 0.494 e. The van der Waals surface area contributed by atoms with Crippen LogP contribution in [-0.2, 0) is 12.8 Å². The molecule has 26 heavy (non-hydrogen) atoms. The van der Waals surface area contributed by atoms with E-state index in [0.29, 0.717) is 22.2 Å². The summed E-state index contributed by atoms with van der Waals surface area (Å²) in [5.41, 5.74) is 7.22. The highest BCUT2D eigenvalue weighted by atomic mass is 35.5. The molecule has 2 amide bonds. The summed E-state index contributed by atoms with van der Waals surface area (Å²) < 4.78 is 5.09. The number of ether oxygens (including phenoxy) is 1. The zero-order chi connectivity index (χ0) is 19.0. The number of methoxy groups -OCH3 is 1. The SMILES string of the molecule is COc1c(Cl)cc(C(=O)Nc2sc3c(c2C(N)=O)CC[C@H](C)C3)cc1Cl. The number of thiophene rings is 1. The molecular formula is C18H18Cl2N2O3S. The van der Waals surface area contributed by atoms with E-state index in [1.165, 1.54) is 30.6 Å².